The van der Waals surface area contributed by atoms with Crippen molar-refractivity contribution in [1.82, 2.24) is 10.2 Å². The monoisotopic (exact) mass is 256 g/mol. The number of aliphatic carboxylic acids is 1. The minimum Gasteiger partial charge on any atom is -0.480 e. The van der Waals surface area contributed by atoms with Crippen molar-refractivity contribution < 1.29 is 14.6 Å². The quantitative estimate of drug-likeness (QED) is 0.696. The number of morpholine rings is 1. The molecule has 1 aliphatic heterocycles. The van der Waals surface area contributed by atoms with Crippen LogP contribution in [0.4, 0.5) is 0 Å². The number of hydrogen-bond acceptors (Lipinski definition) is 4. The number of ether oxygens (including phenoxy) is 1. The number of nitrogens with zero attached hydrogens (tertiary/aromatic N) is 1. The number of nitrogens with one attached hydrogen (secondary N) is 1. The lowest BCUT2D eigenvalue weighted by Crippen LogP contribution is -2.62. The first-order valence-electron chi connectivity index (χ1n) is 6.97. The molecule has 1 saturated carbocycles. The molecule has 5 heteroatoms. The third kappa shape index (κ3) is 3.02. The van der Waals surface area contributed by atoms with Gasteiger partial charge in [-0.25, -0.2) is 0 Å². The number of carboxylic acids is 1. The van der Waals surface area contributed by atoms with Crippen LogP contribution in [0, 0.1) is 5.92 Å². The van der Waals surface area contributed by atoms with Gasteiger partial charge in [0.1, 0.15) is 5.54 Å². The fraction of sp³-hybridized carbons (Fsp3) is 0.923. The number of carbonyl (C=O) groups is 1. The predicted molar refractivity (Wildman–Crippen MR) is 68.6 cm³/mol. The Morgan fingerprint density at radius 1 is 1.44 bits per heavy atom. The van der Waals surface area contributed by atoms with Gasteiger partial charge < -0.3 is 15.2 Å². The van der Waals surface area contributed by atoms with Crippen molar-refractivity contribution in [3.8, 4) is 0 Å². The molecule has 1 unspecified atom stereocenters. The minimum absolute atomic E-state index is 0.296. The van der Waals surface area contributed by atoms with Gasteiger partial charge in [-0.3, -0.25) is 9.69 Å². The van der Waals surface area contributed by atoms with Crippen LogP contribution in [-0.2, 0) is 9.53 Å². The molecule has 0 amide bonds. The molecule has 1 atom stereocenters. The second kappa shape index (κ2) is 5.99. The van der Waals surface area contributed by atoms with E-state index < -0.39 is 11.5 Å². The minimum atomic E-state index is -0.743. The van der Waals surface area contributed by atoms with E-state index in [0.717, 1.165) is 38.9 Å². The number of rotatable bonds is 7. The van der Waals surface area contributed by atoms with E-state index in [2.05, 4.69) is 17.1 Å². The van der Waals surface area contributed by atoms with Crippen LogP contribution in [0.1, 0.15) is 26.2 Å². The lowest BCUT2D eigenvalue weighted by molar-refractivity contribution is -0.147. The molecule has 2 fully saturated rings. The van der Waals surface area contributed by atoms with Crippen LogP contribution in [0.5, 0.6) is 0 Å². The molecule has 104 valence electrons. The summed E-state index contributed by atoms with van der Waals surface area (Å²) < 4.78 is 5.32. The maximum absolute atomic E-state index is 11.8. The molecule has 2 rings (SSSR count). The molecule has 0 radical (unpaired) electrons. The number of carboxylic acid groups (broad SMARTS) is 1. The van der Waals surface area contributed by atoms with Gasteiger partial charge >= 0.3 is 5.97 Å². The molecule has 5 nitrogen and oxygen atoms in total. The summed E-state index contributed by atoms with van der Waals surface area (Å²) >= 11 is 0. The summed E-state index contributed by atoms with van der Waals surface area (Å²) in [5, 5.41) is 13.0. The van der Waals surface area contributed by atoms with E-state index in [1.165, 1.54) is 0 Å². The second-order valence-corrected chi connectivity index (χ2v) is 5.37. The normalized spacial score (nSPS) is 24.7. The van der Waals surface area contributed by atoms with Crippen LogP contribution < -0.4 is 5.32 Å². The first-order valence-corrected chi connectivity index (χ1v) is 6.97. The van der Waals surface area contributed by atoms with Crippen molar-refractivity contribution in [3.63, 3.8) is 0 Å². The summed E-state index contributed by atoms with van der Waals surface area (Å²) in [6.45, 7) is 6.57. The van der Waals surface area contributed by atoms with Gasteiger partial charge in [0.05, 0.1) is 13.2 Å². The third-order valence-electron chi connectivity index (χ3n) is 3.92. The molecule has 1 aliphatic carbocycles. The smallest absolute Gasteiger partial charge is 0.325 e. The summed E-state index contributed by atoms with van der Waals surface area (Å²) in [5.74, 6) is -0.394. The van der Waals surface area contributed by atoms with E-state index >= 15 is 0 Å². The topological polar surface area (TPSA) is 61.8 Å². The first kappa shape index (κ1) is 13.8. The Balaban J connectivity index is 2.03. The van der Waals surface area contributed by atoms with Gasteiger partial charge in [0.15, 0.2) is 0 Å². The average molecular weight is 256 g/mol. The fourth-order valence-electron chi connectivity index (χ4n) is 2.68. The van der Waals surface area contributed by atoms with Crippen LogP contribution in [0.25, 0.3) is 0 Å². The highest BCUT2D eigenvalue weighted by atomic mass is 16.5. The first-order chi connectivity index (χ1) is 8.69. The van der Waals surface area contributed by atoms with Gasteiger partial charge in [-0.1, -0.05) is 6.92 Å². The predicted octanol–water partition coefficient (Wildman–Crippen LogP) is 0.552. The Hall–Kier alpha value is -0.650. The van der Waals surface area contributed by atoms with Gasteiger partial charge in [-0.05, 0) is 31.7 Å². The Morgan fingerprint density at radius 3 is 2.61 bits per heavy atom. The second-order valence-electron chi connectivity index (χ2n) is 5.37. The van der Waals surface area contributed by atoms with Crippen molar-refractivity contribution in [3.05, 3.63) is 0 Å². The molecule has 2 aliphatic rings. The molecule has 18 heavy (non-hydrogen) atoms. The van der Waals surface area contributed by atoms with Gasteiger partial charge in [0.25, 0.3) is 0 Å². The lowest BCUT2D eigenvalue weighted by Gasteiger charge is -2.37. The SMILES string of the molecule is CCCNC(CN1CCOCC1)(C(=O)O)C1CC1. The van der Waals surface area contributed by atoms with Gasteiger partial charge in [0.2, 0.25) is 0 Å². The molecule has 2 N–H and O–H groups in total. The summed E-state index contributed by atoms with van der Waals surface area (Å²) in [5.41, 5.74) is -0.743. The molecule has 0 spiro atoms. The van der Waals surface area contributed by atoms with Gasteiger partial charge in [0, 0.05) is 19.6 Å². The highest BCUT2D eigenvalue weighted by Crippen LogP contribution is 2.40. The molecule has 1 saturated heterocycles. The van der Waals surface area contributed by atoms with E-state index in [1.807, 2.05) is 0 Å². The molecule has 0 aromatic rings. The van der Waals surface area contributed by atoms with E-state index in [4.69, 9.17) is 4.74 Å². The lowest BCUT2D eigenvalue weighted by atomic mass is 9.92. The molecule has 0 bridgehead atoms. The zero-order valence-electron chi connectivity index (χ0n) is 11.2. The van der Waals surface area contributed by atoms with Crippen LogP contribution in [0.3, 0.4) is 0 Å². The third-order valence-corrected chi connectivity index (χ3v) is 3.92. The fourth-order valence-corrected chi connectivity index (χ4v) is 2.68. The average Bonchev–Trinajstić information content (AvgIpc) is 3.20. The van der Waals surface area contributed by atoms with Crippen LogP contribution in [0.2, 0.25) is 0 Å². The van der Waals surface area contributed by atoms with Crippen LogP contribution in [0.15, 0.2) is 0 Å². The number of hydrogen-bond donors (Lipinski definition) is 2. The van der Waals surface area contributed by atoms with Gasteiger partial charge in [-0.15, -0.1) is 0 Å². The highest BCUT2D eigenvalue weighted by Gasteiger charge is 2.51. The summed E-state index contributed by atoms with van der Waals surface area (Å²) in [6, 6.07) is 0. The molecule has 0 aromatic carbocycles. The van der Waals surface area contributed by atoms with Crippen molar-refractivity contribution in [2.24, 2.45) is 5.92 Å². The maximum Gasteiger partial charge on any atom is 0.325 e. The Kier molecular flexibility index (Phi) is 4.59. The molecular formula is C13H24N2O3. The summed E-state index contributed by atoms with van der Waals surface area (Å²) in [7, 11) is 0. The molecule has 1 heterocycles. The van der Waals surface area contributed by atoms with Crippen molar-refractivity contribution in [1.29, 1.82) is 0 Å². The van der Waals surface area contributed by atoms with E-state index in [1.54, 1.807) is 0 Å². The summed E-state index contributed by atoms with van der Waals surface area (Å²) in [6.07, 6.45) is 3.03. The van der Waals surface area contributed by atoms with E-state index in [0.29, 0.717) is 25.7 Å². The Morgan fingerprint density at radius 2 is 2.11 bits per heavy atom. The van der Waals surface area contributed by atoms with Crippen molar-refractivity contribution in [2.75, 3.05) is 39.4 Å². The largest absolute Gasteiger partial charge is 0.480 e. The Labute approximate surface area is 108 Å². The molecule has 0 aromatic heterocycles. The molecular weight excluding hydrogens is 232 g/mol. The van der Waals surface area contributed by atoms with Crippen molar-refractivity contribution >= 4 is 5.97 Å². The van der Waals surface area contributed by atoms with E-state index in [-0.39, 0.29) is 0 Å². The van der Waals surface area contributed by atoms with Crippen LogP contribution in [-0.4, -0.2) is 60.9 Å². The summed E-state index contributed by atoms with van der Waals surface area (Å²) in [4.78, 5) is 14.0. The highest BCUT2D eigenvalue weighted by molar-refractivity contribution is 5.80. The zero-order chi connectivity index (χ0) is 13.0. The van der Waals surface area contributed by atoms with Crippen LogP contribution >= 0.6 is 0 Å². The van der Waals surface area contributed by atoms with Gasteiger partial charge in [-0.2, -0.15) is 0 Å². The standard InChI is InChI=1S/C13H24N2O3/c1-2-5-14-13(12(16)17,11-3-4-11)10-15-6-8-18-9-7-15/h11,14H,2-10H2,1H3,(H,16,17). The maximum atomic E-state index is 11.8. The van der Waals surface area contributed by atoms with E-state index in [9.17, 15) is 9.90 Å². The Bertz CT molecular complexity index is 288. The van der Waals surface area contributed by atoms with Crippen molar-refractivity contribution in [2.45, 2.75) is 31.7 Å². The zero-order valence-corrected chi connectivity index (χ0v) is 11.2.